The molecule has 1 unspecified atom stereocenters. The van der Waals surface area contributed by atoms with E-state index in [1.54, 1.807) is 31.3 Å². The Morgan fingerprint density at radius 3 is 2.76 bits per heavy atom. The van der Waals surface area contributed by atoms with Gasteiger partial charge in [0.1, 0.15) is 0 Å². The molecular weight excluding hydrogens is 268 g/mol. The molecule has 21 heavy (non-hydrogen) atoms. The summed E-state index contributed by atoms with van der Waals surface area (Å²) < 4.78 is 10.2. The molecule has 0 fully saturated rings. The third-order valence-electron chi connectivity index (χ3n) is 3.09. The number of carbonyl (C=O) groups excluding carboxylic acids is 1. The minimum atomic E-state index is -0.0703. The van der Waals surface area contributed by atoms with Crippen LogP contribution in [0.1, 0.15) is 12.5 Å². The highest BCUT2D eigenvalue weighted by molar-refractivity contribution is 5.92. The SMILES string of the molecule is COCCN(C(=O)/C=C/c1cccc(N)c1)C(C)COC. The molecule has 1 atom stereocenters. The van der Waals surface area contributed by atoms with Crippen molar-refractivity contribution in [2.75, 3.05) is 39.7 Å². The van der Waals surface area contributed by atoms with Crippen molar-refractivity contribution >= 4 is 17.7 Å². The van der Waals surface area contributed by atoms with E-state index in [0.29, 0.717) is 25.4 Å². The molecule has 0 heterocycles. The van der Waals surface area contributed by atoms with E-state index in [9.17, 15) is 4.79 Å². The second-order valence-electron chi connectivity index (χ2n) is 4.83. The van der Waals surface area contributed by atoms with Crippen LogP contribution in [-0.4, -0.2) is 50.8 Å². The van der Waals surface area contributed by atoms with Crippen LogP contribution in [0.3, 0.4) is 0 Å². The number of hydrogen-bond acceptors (Lipinski definition) is 4. The average Bonchev–Trinajstić information content (AvgIpc) is 2.46. The van der Waals surface area contributed by atoms with Gasteiger partial charge in [-0.05, 0) is 30.7 Å². The van der Waals surface area contributed by atoms with Crippen LogP contribution in [0, 0.1) is 0 Å². The molecule has 116 valence electrons. The molecule has 0 saturated carbocycles. The first-order chi connectivity index (χ1) is 10.1. The van der Waals surface area contributed by atoms with Crippen molar-refractivity contribution < 1.29 is 14.3 Å². The zero-order valence-corrected chi connectivity index (χ0v) is 12.9. The van der Waals surface area contributed by atoms with E-state index in [0.717, 1.165) is 5.56 Å². The average molecular weight is 292 g/mol. The van der Waals surface area contributed by atoms with E-state index in [1.165, 1.54) is 0 Å². The van der Waals surface area contributed by atoms with Crippen LogP contribution in [0.15, 0.2) is 30.3 Å². The summed E-state index contributed by atoms with van der Waals surface area (Å²) in [6.45, 7) is 3.46. The van der Waals surface area contributed by atoms with Crippen molar-refractivity contribution in [3.05, 3.63) is 35.9 Å². The summed E-state index contributed by atoms with van der Waals surface area (Å²) in [5.41, 5.74) is 7.29. The first kappa shape index (κ1) is 17.2. The Morgan fingerprint density at radius 1 is 1.38 bits per heavy atom. The van der Waals surface area contributed by atoms with Crippen LogP contribution in [0.2, 0.25) is 0 Å². The Kier molecular flexibility index (Phi) is 7.50. The Bertz CT molecular complexity index is 474. The molecule has 0 aromatic heterocycles. The summed E-state index contributed by atoms with van der Waals surface area (Å²) in [6.07, 6.45) is 3.31. The number of nitrogen functional groups attached to an aromatic ring is 1. The zero-order valence-electron chi connectivity index (χ0n) is 12.9. The fourth-order valence-corrected chi connectivity index (χ4v) is 1.99. The smallest absolute Gasteiger partial charge is 0.246 e. The van der Waals surface area contributed by atoms with Crippen LogP contribution in [0.5, 0.6) is 0 Å². The summed E-state index contributed by atoms with van der Waals surface area (Å²) in [4.78, 5) is 14.1. The van der Waals surface area contributed by atoms with Gasteiger partial charge in [-0.2, -0.15) is 0 Å². The fraction of sp³-hybridized carbons (Fsp3) is 0.438. The summed E-state index contributed by atoms with van der Waals surface area (Å²) in [6, 6.07) is 7.38. The number of methoxy groups -OCH3 is 2. The van der Waals surface area contributed by atoms with Gasteiger partial charge < -0.3 is 20.1 Å². The van der Waals surface area contributed by atoms with Gasteiger partial charge in [-0.25, -0.2) is 0 Å². The van der Waals surface area contributed by atoms with Crippen LogP contribution in [-0.2, 0) is 14.3 Å². The molecular formula is C16H24N2O3. The van der Waals surface area contributed by atoms with Crippen molar-refractivity contribution in [2.45, 2.75) is 13.0 Å². The summed E-state index contributed by atoms with van der Waals surface area (Å²) in [7, 11) is 3.24. The predicted molar refractivity (Wildman–Crippen MR) is 84.8 cm³/mol. The minimum absolute atomic E-state index is 0.0110. The summed E-state index contributed by atoms with van der Waals surface area (Å²) >= 11 is 0. The van der Waals surface area contributed by atoms with E-state index in [1.807, 2.05) is 31.2 Å². The molecule has 0 aliphatic rings. The molecule has 0 aliphatic carbocycles. The van der Waals surface area contributed by atoms with Crippen LogP contribution < -0.4 is 5.73 Å². The maximum atomic E-state index is 12.3. The zero-order chi connectivity index (χ0) is 15.7. The number of nitrogens with two attached hydrogens (primary N) is 1. The standard InChI is InChI=1S/C16H24N2O3/c1-13(12-21-3)18(9-10-20-2)16(19)8-7-14-5-4-6-15(17)11-14/h4-8,11,13H,9-10,12,17H2,1-3H3/b8-7+. The lowest BCUT2D eigenvalue weighted by atomic mass is 10.2. The van der Waals surface area contributed by atoms with Gasteiger partial charge in [0, 0.05) is 32.5 Å². The van der Waals surface area contributed by atoms with Crippen molar-refractivity contribution in [3.8, 4) is 0 Å². The van der Waals surface area contributed by atoms with Crippen LogP contribution in [0.4, 0.5) is 5.69 Å². The Balaban J connectivity index is 2.75. The molecule has 1 rings (SSSR count). The quantitative estimate of drug-likeness (QED) is 0.586. The second-order valence-corrected chi connectivity index (χ2v) is 4.83. The van der Waals surface area contributed by atoms with Crippen molar-refractivity contribution in [3.63, 3.8) is 0 Å². The topological polar surface area (TPSA) is 64.8 Å². The lowest BCUT2D eigenvalue weighted by Crippen LogP contribution is -2.42. The first-order valence-corrected chi connectivity index (χ1v) is 6.90. The molecule has 5 nitrogen and oxygen atoms in total. The first-order valence-electron chi connectivity index (χ1n) is 6.90. The second kappa shape index (κ2) is 9.15. The molecule has 1 aromatic rings. The third kappa shape index (κ3) is 5.97. The lowest BCUT2D eigenvalue weighted by molar-refractivity contribution is -0.129. The number of ether oxygens (including phenoxy) is 2. The molecule has 0 spiro atoms. The summed E-state index contributed by atoms with van der Waals surface area (Å²) in [5, 5.41) is 0. The fourth-order valence-electron chi connectivity index (χ4n) is 1.99. The van der Waals surface area contributed by atoms with E-state index < -0.39 is 0 Å². The van der Waals surface area contributed by atoms with E-state index in [2.05, 4.69) is 0 Å². The maximum absolute atomic E-state index is 12.3. The highest BCUT2D eigenvalue weighted by Gasteiger charge is 2.17. The van der Waals surface area contributed by atoms with Gasteiger partial charge in [0.15, 0.2) is 0 Å². The van der Waals surface area contributed by atoms with Crippen LogP contribution in [0.25, 0.3) is 6.08 Å². The monoisotopic (exact) mass is 292 g/mol. The molecule has 2 N–H and O–H groups in total. The number of rotatable bonds is 8. The highest BCUT2D eigenvalue weighted by Crippen LogP contribution is 2.09. The molecule has 1 aromatic carbocycles. The molecule has 0 saturated heterocycles. The Labute approximate surface area is 126 Å². The van der Waals surface area contributed by atoms with Gasteiger partial charge in [-0.3, -0.25) is 4.79 Å². The van der Waals surface area contributed by atoms with Gasteiger partial charge in [0.05, 0.1) is 19.3 Å². The molecule has 0 radical (unpaired) electrons. The van der Waals surface area contributed by atoms with Crippen LogP contribution >= 0.6 is 0 Å². The van der Waals surface area contributed by atoms with Gasteiger partial charge in [-0.15, -0.1) is 0 Å². The van der Waals surface area contributed by atoms with Crippen molar-refractivity contribution in [1.29, 1.82) is 0 Å². The normalized spacial score (nSPS) is 12.5. The number of hydrogen-bond donors (Lipinski definition) is 1. The van der Waals surface area contributed by atoms with E-state index >= 15 is 0 Å². The molecule has 5 heteroatoms. The number of anilines is 1. The Morgan fingerprint density at radius 2 is 2.14 bits per heavy atom. The molecule has 1 amide bonds. The number of nitrogens with zero attached hydrogens (tertiary/aromatic N) is 1. The number of amides is 1. The predicted octanol–water partition coefficient (Wildman–Crippen LogP) is 1.79. The molecule has 0 bridgehead atoms. The van der Waals surface area contributed by atoms with Crippen molar-refractivity contribution in [2.24, 2.45) is 0 Å². The minimum Gasteiger partial charge on any atom is -0.399 e. The van der Waals surface area contributed by atoms with E-state index in [4.69, 9.17) is 15.2 Å². The number of benzene rings is 1. The lowest BCUT2D eigenvalue weighted by Gasteiger charge is -2.27. The van der Waals surface area contributed by atoms with E-state index in [-0.39, 0.29) is 11.9 Å². The number of carbonyl (C=O) groups is 1. The van der Waals surface area contributed by atoms with Gasteiger partial charge in [-0.1, -0.05) is 12.1 Å². The third-order valence-corrected chi connectivity index (χ3v) is 3.09. The summed E-state index contributed by atoms with van der Waals surface area (Å²) in [5.74, 6) is -0.0703. The maximum Gasteiger partial charge on any atom is 0.246 e. The van der Waals surface area contributed by atoms with Gasteiger partial charge >= 0.3 is 0 Å². The Hall–Kier alpha value is -1.85. The molecule has 0 aliphatic heterocycles. The van der Waals surface area contributed by atoms with Gasteiger partial charge in [0.25, 0.3) is 0 Å². The highest BCUT2D eigenvalue weighted by atomic mass is 16.5. The largest absolute Gasteiger partial charge is 0.399 e. The van der Waals surface area contributed by atoms with Crippen molar-refractivity contribution in [1.82, 2.24) is 4.90 Å². The van der Waals surface area contributed by atoms with Gasteiger partial charge in [0.2, 0.25) is 5.91 Å².